The molecule has 3 aromatic rings. The van der Waals surface area contributed by atoms with E-state index in [1.807, 2.05) is 4.90 Å². The zero-order chi connectivity index (χ0) is 27.3. The van der Waals surface area contributed by atoms with Gasteiger partial charge in [0.2, 0.25) is 0 Å². The van der Waals surface area contributed by atoms with Gasteiger partial charge in [0, 0.05) is 36.3 Å². The maximum atomic E-state index is 14.5. The van der Waals surface area contributed by atoms with Crippen LogP contribution in [0, 0.1) is 17.7 Å². The first kappa shape index (κ1) is 25.6. The first-order chi connectivity index (χ1) is 18.7. The number of alkyl halides is 3. The molecule has 0 spiro atoms. The Morgan fingerprint density at radius 2 is 1.87 bits per heavy atom. The molecule has 1 aromatic carbocycles. The van der Waals surface area contributed by atoms with Crippen molar-refractivity contribution in [2.75, 3.05) is 18.0 Å². The van der Waals surface area contributed by atoms with Crippen molar-refractivity contribution in [1.82, 2.24) is 10.1 Å². The van der Waals surface area contributed by atoms with Gasteiger partial charge in [-0.2, -0.15) is 0 Å². The Morgan fingerprint density at radius 3 is 2.51 bits per heavy atom. The lowest BCUT2D eigenvalue weighted by Gasteiger charge is -2.21. The van der Waals surface area contributed by atoms with E-state index in [2.05, 4.69) is 14.9 Å². The molecule has 39 heavy (non-hydrogen) atoms. The number of anilines is 1. The minimum atomic E-state index is -4.85. The standard InChI is InChI=1S/C27H25F4N3O5/c28-21-9-15(26(35)36)10-32-25(21)34-11-16-7-18(8-17(16)12-34)37-13-20-23(33-39-24(20)14-5-6-14)19-3-1-2-4-22(19)38-27(29,30)31/h1-4,9-10,14,16-18H,5-8,11-13H2,(H,35,36)/t16-,17+,18?. The molecule has 0 bridgehead atoms. The van der Waals surface area contributed by atoms with Crippen LogP contribution < -0.4 is 9.64 Å². The number of pyridine rings is 1. The molecule has 0 amide bonds. The fourth-order valence-corrected chi connectivity index (χ4v) is 5.75. The summed E-state index contributed by atoms with van der Waals surface area (Å²) in [4.78, 5) is 16.9. The number of aromatic nitrogens is 2. The molecule has 6 rings (SSSR count). The number of carboxylic acid groups (broad SMARTS) is 1. The van der Waals surface area contributed by atoms with E-state index >= 15 is 0 Å². The van der Waals surface area contributed by atoms with E-state index in [0.717, 1.165) is 37.9 Å². The summed E-state index contributed by atoms with van der Waals surface area (Å²) in [6.45, 7) is 1.30. The van der Waals surface area contributed by atoms with Crippen LogP contribution in [0.2, 0.25) is 0 Å². The highest BCUT2D eigenvalue weighted by Gasteiger charge is 2.43. The van der Waals surface area contributed by atoms with E-state index in [0.29, 0.717) is 24.4 Å². The summed E-state index contributed by atoms with van der Waals surface area (Å²) >= 11 is 0. The second kappa shape index (κ2) is 9.82. The summed E-state index contributed by atoms with van der Waals surface area (Å²) in [5.74, 6) is -0.783. The minimum Gasteiger partial charge on any atom is -0.478 e. The number of carbonyl (C=O) groups is 1. The summed E-state index contributed by atoms with van der Waals surface area (Å²) in [7, 11) is 0. The molecule has 1 saturated heterocycles. The molecule has 3 aliphatic rings. The average molecular weight is 548 g/mol. The van der Waals surface area contributed by atoms with Crippen molar-refractivity contribution < 1.29 is 41.5 Å². The molecule has 1 aliphatic heterocycles. The number of hydrogen-bond acceptors (Lipinski definition) is 7. The third-order valence-electron chi connectivity index (χ3n) is 7.67. The molecule has 3 heterocycles. The Bertz CT molecular complexity index is 1380. The highest BCUT2D eigenvalue weighted by molar-refractivity contribution is 5.87. The van der Waals surface area contributed by atoms with Crippen LogP contribution in [0.5, 0.6) is 5.75 Å². The Hall–Kier alpha value is -3.67. The fraction of sp³-hybridized carbons (Fsp3) is 0.444. The molecule has 12 heteroatoms. The summed E-state index contributed by atoms with van der Waals surface area (Å²) in [5, 5.41) is 13.2. The summed E-state index contributed by atoms with van der Waals surface area (Å²) < 4.78 is 69.7. The van der Waals surface area contributed by atoms with Crippen molar-refractivity contribution in [2.24, 2.45) is 11.8 Å². The zero-order valence-corrected chi connectivity index (χ0v) is 20.7. The first-order valence-electron chi connectivity index (χ1n) is 12.7. The van der Waals surface area contributed by atoms with Crippen molar-refractivity contribution in [1.29, 1.82) is 0 Å². The van der Waals surface area contributed by atoms with Gasteiger partial charge in [0.1, 0.15) is 17.2 Å². The second-order valence-electron chi connectivity index (χ2n) is 10.4. The molecule has 1 N–H and O–H groups in total. The topological polar surface area (TPSA) is 97.9 Å². The Balaban J connectivity index is 1.14. The Kier molecular flexibility index (Phi) is 6.44. The number of aromatic carboxylic acids is 1. The van der Waals surface area contributed by atoms with Gasteiger partial charge in [0.05, 0.1) is 18.3 Å². The zero-order valence-electron chi connectivity index (χ0n) is 20.7. The molecule has 3 atom stereocenters. The number of nitrogens with zero attached hydrogens (tertiary/aromatic N) is 3. The third-order valence-corrected chi connectivity index (χ3v) is 7.67. The van der Waals surface area contributed by atoms with Crippen LogP contribution >= 0.6 is 0 Å². The van der Waals surface area contributed by atoms with E-state index in [4.69, 9.17) is 14.4 Å². The average Bonchev–Trinajstić information content (AvgIpc) is 3.34. The number of para-hydroxylation sites is 1. The van der Waals surface area contributed by atoms with Gasteiger partial charge in [-0.1, -0.05) is 17.3 Å². The van der Waals surface area contributed by atoms with Gasteiger partial charge in [0.25, 0.3) is 0 Å². The molecule has 206 valence electrons. The molecular formula is C27H25F4N3O5. The number of rotatable bonds is 8. The van der Waals surface area contributed by atoms with Crippen LogP contribution in [0.1, 0.15) is 53.3 Å². The van der Waals surface area contributed by atoms with E-state index in [1.54, 1.807) is 6.07 Å². The van der Waals surface area contributed by atoms with Crippen LogP contribution in [0.25, 0.3) is 11.3 Å². The second-order valence-corrected chi connectivity index (χ2v) is 10.4. The molecule has 2 aliphatic carbocycles. The highest BCUT2D eigenvalue weighted by atomic mass is 19.4. The lowest BCUT2D eigenvalue weighted by molar-refractivity contribution is -0.274. The van der Waals surface area contributed by atoms with Crippen molar-refractivity contribution in [2.45, 2.75) is 50.7 Å². The SMILES string of the molecule is O=C(O)c1cnc(N2C[C@H]3CC(OCc4c(-c5ccccc5OC(F)(F)F)noc4C4CC4)C[C@H]3C2)c(F)c1. The number of carboxylic acids is 1. The van der Waals surface area contributed by atoms with Crippen LogP contribution in [0.4, 0.5) is 23.4 Å². The maximum absolute atomic E-state index is 14.5. The maximum Gasteiger partial charge on any atom is 0.573 e. The van der Waals surface area contributed by atoms with Crippen LogP contribution in [0.3, 0.4) is 0 Å². The van der Waals surface area contributed by atoms with Gasteiger partial charge < -0.3 is 24.0 Å². The number of fused-ring (bicyclic) bond motifs is 1. The Morgan fingerprint density at radius 1 is 1.15 bits per heavy atom. The van der Waals surface area contributed by atoms with Gasteiger partial charge in [0.15, 0.2) is 11.6 Å². The number of halogens is 4. The smallest absolute Gasteiger partial charge is 0.478 e. The molecule has 3 fully saturated rings. The largest absolute Gasteiger partial charge is 0.573 e. The van der Waals surface area contributed by atoms with E-state index in [-0.39, 0.29) is 58.9 Å². The lowest BCUT2D eigenvalue weighted by atomic mass is 10.0. The van der Waals surface area contributed by atoms with Gasteiger partial charge in [-0.3, -0.25) is 0 Å². The summed E-state index contributed by atoms with van der Waals surface area (Å²) in [6.07, 6.45) is -0.444. The molecular weight excluding hydrogens is 522 g/mol. The summed E-state index contributed by atoms with van der Waals surface area (Å²) in [6, 6.07) is 6.83. The molecule has 2 aromatic heterocycles. The minimum absolute atomic E-state index is 0.0779. The first-order valence-corrected chi connectivity index (χ1v) is 12.7. The van der Waals surface area contributed by atoms with E-state index in [1.165, 1.54) is 18.2 Å². The fourth-order valence-electron chi connectivity index (χ4n) is 5.75. The van der Waals surface area contributed by atoms with Crippen molar-refractivity contribution in [3.05, 3.63) is 59.2 Å². The van der Waals surface area contributed by atoms with Crippen molar-refractivity contribution in [3.8, 4) is 17.0 Å². The third kappa shape index (κ3) is 5.29. The number of hydrogen-bond donors (Lipinski definition) is 1. The molecule has 0 radical (unpaired) electrons. The van der Waals surface area contributed by atoms with Gasteiger partial charge in [-0.15, -0.1) is 13.2 Å². The quantitative estimate of drug-likeness (QED) is 0.355. The van der Waals surface area contributed by atoms with Crippen molar-refractivity contribution >= 4 is 11.8 Å². The van der Waals surface area contributed by atoms with Gasteiger partial charge in [-0.05, 0) is 55.7 Å². The number of benzene rings is 1. The predicted octanol–water partition coefficient (Wildman–Crippen LogP) is 5.78. The van der Waals surface area contributed by atoms with Crippen molar-refractivity contribution in [3.63, 3.8) is 0 Å². The van der Waals surface area contributed by atoms with Gasteiger partial charge >= 0.3 is 12.3 Å². The molecule has 8 nitrogen and oxygen atoms in total. The predicted molar refractivity (Wildman–Crippen MR) is 129 cm³/mol. The molecule has 1 unspecified atom stereocenters. The lowest BCUT2D eigenvalue weighted by Crippen LogP contribution is -2.25. The van der Waals surface area contributed by atoms with E-state index < -0.39 is 18.1 Å². The summed E-state index contributed by atoms with van der Waals surface area (Å²) in [5.41, 5.74) is 0.911. The normalized spacial score (nSPS) is 22.8. The van der Waals surface area contributed by atoms with Crippen LogP contribution in [-0.2, 0) is 11.3 Å². The Labute approximate surface area is 220 Å². The number of ether oxygens (including phenoxy) is 2. The van der Waals surface area contributed by atoms with Crippen LogP contribution in [0.15, 0.2) is 41.1 Å². The highest BCUT2D eigenvalue weighted by Crippen LogP contribution is 2.47. The molecule has 2 saturated carbocycles. The van der Waals surface area contributed by atoms with Gasteiger partial charge in [-0.25, -0.2) is 14.2 Å². The van der Waals surface area contributed by atoms with Crippen LogP contribution in [-0.4, -0.2) is 46.8 Å². The monoisotopic (exact) mass is 547 g/mol. The van der Waals surface area contributed by atoms with E-state index in [9.17, 15) is 22.4 Å².